The summed E-state index contributed by atoms with van der Waals surface area (Å²) in [4.78, 5) is 0. The molecule has 0 aromatic rings. The van der Waals surface area contributed by atoms with Gasteiger partial charge in [0.2, 0.25) is 0 Å². The van der Waals surface area contributed by atoms with Crippen LogP contribution in [0.2, 0.25) is 0 Å². The van der Waals surface area contributed by atoms with Gasteiger partial charge in [0.25, 0.3) is 0 Å². The lowest BCUT2D eigenvalue weighted by Gasteiger charge is -2.54. The molecule has 0 spiro atoms. The maximum absolute atomic E-state index is 16.0. The van der Waals surface area contributed by atoms with E-state index in [1.165, 1.54) is 6.92 Å². The molecule has 6 rings (SSSR count). The smallest absolute Gasteiger partial charge is 0.350 e. The summed E-state index contributed by atoms with van der Waals surface area (Å²) in [5.74, 6) is -9.41. The zero-order valence-corrected chi connectivity index (χ0v) is 18.2. The molecule has 0 amide bonds. The van der Waals surface area contributed by atoms with Crippen molar-refractivity contribution >= 4 is 0 Å². The molecule has 1 heterocycles. The van der Waals surface area contributed by atoms with Crippen molar-refractivity contribution in [1.82, 2.24) is 0 Å². The molecule has 32 heavy (non-hydrogen) atoms. The SMILES string of the molecule is CC(OC1CCCCC1)OC1(C(F)(F)F)OCC2C3CC(C4C5C=CC(C5)C34)C2C1(F)F. The molecule has 4 saturated carbocycles. The average molecular weight is 462 g/mol. The standard InChI is InChI=1S/C24H31F5O3/c1-12(31-15-5-3-2-4-6-15)32-23(24(27,28)29)22(25,26)21-17-10-16(18(21)11-30-23)19-13-7-8-14(9-13)20(17)19/h7-8,12-21H,2-6,9-11H2,1H3. The van der Waals surface area contributed by atoms with E-state index in [1.54, 1.807) is 0 Å². The largest absolute Gasteiger partial charge is 0.450 e. The molecule has 10 atom stereocenters. The predicted molar refractivity (Wildman–Crippen MR) is 104 cm³/mol. The second-order valence-corrected chi connectivity index (χ2v) is 11.0. The third-order valence-electron chi connectivity index (χ3n) is 9.57. The Labute approximate surface area is 185 Å². The van der Waals surface area contributed by atoms with Crippen LogP contribution in [0.25, 0.3) is 0 Å². The fourth-order valence-corrected chi connectivity index (χ4v) is 8.64. The second kappa shape index (κ2) is 7.14. The zero-order valence-electron chi connectivity index (χ0n) is 18.2. The van der Waals surface area contributed by atoms with Crippen LogP contribution in [0.4, 0.5) is 22.0 Å². The number of alkyl halides is 5. The Morgan fingerprint density at radius 3 is 2.25 bits per heavy atom. The molecule has 0 aromatic carbocycles. The molecule has 6 aliphatic rings. The Hall–Kier alpha value is -0.730. The highest BCUT2D eigenvalue weighted by atomic mass is 19.4. The number of allylic oxidation sites excluding steroid dienone is 2. The van der Waals surface area contributed by atoms with Crippen molar-refractivity contribution in [2.45, 2.75) is 82.1 Å². The number of hydrogen-bond acceptors (Lipinski definition) is 3. The van der Waals surface area contributed by atoms with Gasteiger partial charge in [-0.25, -0.2) is 0 Å². The zero-order chi connectivity index (χ0) is 22.5. The third-order valence-corrected chi connectivity index (χ3v) is 9.57. The summed E-state index contributed by atoms with van der Waals surface area (Å²) in [6, 6.07) is 0. The molecule has 8 heteroatoms. The molecule has 10 unspecified atom stereocenters. The lowest BCUT2D eigenvalue weighted by Crippen LogP contribution is -2.71. The van der Waals surface area contributed by atoms with Crippen molar-refractivity contribution in [3.8, 4) is 0 Å². The molecule has 1 aliphatic heterocycles. The van der Waals surface area contributed by atoms with Crippen molar-refractivity contribution in [2.75, 3.05) is 6.61 Å². The van der Waals surface area contributed by atoms with Gasteiger partial charge in [-0.3, -0.25) is 0 Å². The van der Waals surface area contributed by atoms with E-state index in [0.717, 1.165) is 25.7 Å². The summed E-state index contributed by atoms with van der Waals surface area (Å²) in [6.45, 7) is 0.951. The topological polar surface area (TPSA) is 27.7 Å². The number of ether oxygens (including phenoxy) is 3. The summed E-state index contributed by atoms with van der Waals surface area (Å²) in [5, 5.41) is 0. The molecule has 1 saturated heterocycles. The van der Waals surface area contributed by atoms with Gasteiger partial charge >= 0.3 is 17.9 Å². The Morgan fingerprint density at radius 2 is 1.59 bits per heavy atom. The Bertz CT molecular complexity index is 778. The number of halogens is 5. The minimum atomic E-state index is -5.37. The summed E-state index contributed by atoms with van der Waals surface area (Å²) in [5.41, 5.74) is 0. The Morgan fingerprint density at radius 1 is 0.938 bits per heavy atom. The third kappa shape index (κ3) is 2.81. The van der Waals surface area contributed by atoms with E-state index in [0.29, 0.717) is 31.1 Å². The van der Waals surface area contributed by atoms with Gasteiger partial charge in [0, 0.05) is 5.92 Å². The van der Waals surface area contributed by atoms with Gasteiger partial charge in [-0.05, 0) is 74.0 Å². The van der Waals surface area contributed by atoms with Crippen molar-refractivity contribution < 1.29 is 36.2 Å². The maximum atomic E-state index is 16.0. The summed E-state index contributed by atoms with van der Waals surface area (Å²) in [7, 11) is 0. The van der Waals surface area contributed by atoms with E-state index in [2.05, 4.69) is 12.2 Å². The van der Waals surface area contributed by atoms with Gasteiger partial charge in [0.05, 0.1) is 12.7 Å². The Kier molecular flexibility index (Phi) is 4.86. The van der Waals surface area contributed by atoms with Crippen LogP contribution in [0, 0.1) is 47.3 Å². The first-order chi connectivity index (χ1) is 15.1. The monoisotopic (exact) mass is 462 g/mol. The van der Waals surface area contributed by atoms with Gasteiger partial charge in [0.1, 0.15) is 0 Å². The van der Waals surface area contributed by atoms with Crippen LogP contribution in [0.3, 0.4) is 0 Å². The van der Waals surface area contributed by atoms with E-state index in [4.69, 9.17) is 14.2 Å². The molecule has 5 aliphatic carbocycles. The van der Waals surface area contributed by atoms with Gasteiger partial charge < -0.3 is 14.2 Å². The van der Waals surface area contributed by atoms with Crippen molar-refractivity contribution in [2.24, 2.45) is 47.3 Å². The number of hydrogen-bond donors (Lipinski definition) is 0. The summed E-state index contributed by atoms with van der Waals surface area (Å²) >= 11 is 0. The first-order valence-electron chi connectivity index (χ1n) is 12.2. The van der Waals surface area contributed by atoms with Crippen LogP contribution in [0.1, 0.15) is 51.9 Å². The van der Waals surface area contributed by atoms with Crippen LogP contribution in [-0.4, -0.2) is 36.9 Å². The van der Waals surface area contributed by atoms with Crippen molar-refractivity contribution in [3.63, 3.8) is 0 Å². The molecule has 0 radical (unpaired) electrons. The first kappa shape index (κ1) is 21.8. The van der Waals surface area contributed by atoms with Gasteiger partial charge in [-0.1, -0.05) is 31.4 Å². The minimum absolute atomic E-state index is 0.0166. The Balaban J connectivity index is 1.29. The predicted octanol–water partition coefficient (Wildman–Crippen LogP) is 5.94. The molecule has 0 N–H and O–H groups in total. The molecule has 5 fully saturated rings. The average Bonchev–Trinajstić information content (AvgIpc) is 3.48. The van der Waals surface area contributed by atoms with E-state index in [9.17, 15) is 13.2 Å². The van der Waals surface area contributed by atoms with Crippen LogP contribution in [0.15, 0.2) is 12.2 Å². The number of fused-ring (bicyclic) bond motifs is 12. The highest BCUT2D eigenvalue weighted by molar-refractivity contribution is 5.24. The fourth-order valence-electron chi connectivity index (χ4n) is 8.64. The number of rotatable bonds is 4. The molecular formula is C24H31F5O3. The maximum Gasteiger partial charge on any atom is 0.450 e. The van der Waals surface area contributed by atoms with Crippen LogP contribution >= 0.6 is 0 Å². The van der Waals surface area contributed by atoms with E-state index in [1.807, 2.05) is 0 Å². The molecule has 4 bridgehead atoms. The lowest BCUT2D eigenvalue weighted by molar-refractivity contribution is -0.494. The second-order valence-electron chi connectivity index (χ2n) is 11.0. The van der Waals surface area contributed by atoms with E-state index < -0.39 is 41.9 Å². The minimum Gasteiger partial charge on any atom is -0.350 e. The van der Waals surface area contributed by atoms with Crippen LogP contribution in [0.5, 0.6) is 0 Å². The first-order valence-corrected chi connectivity index (χ1v) is 12.2. The lowest BCUT2D eigenvalue weighted by atomic mass is 9.61. The summed E-state index contributed by atoms with van der Waals surface area (Å²) < 4.78 is 91.0. The highest BCUT2D eigenvalue weighted by Gasteiger charge is 2.83. The van der Waals surface area contributed by atoms with Crippen molar-refractivity contribution in [1.29, 1.82) is 0 Å². The molecular weight excluding hydrogens is 431 g/mol. The normalized spacial score (nSPS) is 49.9. The van der Waals surface area contributed by atoms with E-state index >= 15 is 8.78 Å². The van der Waals surface area contributed by atoms with Crippen LogP contribution < -0.4 is 0 Å². The van der Waals surface area contributed by atoms with Gasteiger partial charge in [0.15, 0.2) is 6.29 Å². The van der Waals surface area contributed by atoms with Gasteiger partial charge in [-0.2, -0.15) is 22.0 Å². The van der Waals surface area contributed by atoms with Crippen molar-refractivity contribution in [3.05, 3.63) is 12.2 Å². The van der Waals surface area contributed by atoms with E-state index in [-0.39, 0.29) is 30.5 Å². The molecule has 0 aromatic heterocycles. The summed E-state index contributed by atoms with van der Waals surface area (Å²) in [6.07, 6.45) is 3.06. The fraction of sp³-hybridized carbons (Fsp3) is 0.917. The molecule has 180 valence electrons. The quantitative estimate of drug-likeness (QED) is 0.224. The molecule has 3 nitrogen and oxygen atoms in total. The van der Waals surface area contributed by atoms with Gasteiger partial charge in [-0.15, -0.1) is 0 Å². The van der Waals surface area contributed by atoms with Crippen LogP contribution in [-0.2, 0) is 14.2 Å². The highest BCUT2D eigenvalue weighted by Crippen LogP contribution is 2.73.